The summed E-state index contributed by atoms with van der Waals surface area (Å²) >= 11 is 0. The molecule has 1 saturated carbocycles. The summed E-state index contributed by atoms with van der Waals surface area (Å²) in [6, 6.07) is 8.82. The smallest absolute Gasteiger partial charge is 0.326 e. The van der Waals surface area contributed by atoms with Crippen molar-refractivity contribution in [3.05, 3.63) is 42.1 Å². The van der Waals surface area contributed by atoms with Crippen LogP contribution in [0.15, 0.2) is 36.5 Å². The van der Waals surface area contributed by atoms with Gasteiger partial charge in [0.15, 0.2) is 0 Å². The van der Waals surface area contributed by atoms with Crippen molar-refractivity contribution in [3.63, 3.8) is 0 Å². The first-order chi connectivity index (χ1) is 10.6. The number of pyridine rings is 1. The van der Waals surface area contributed by atoms with Crippen LogP contribution in [0.2, 0.25) is 0 Å². The Bertz CT molecular complexity index is 719. The van der Waals surface area contributed by atoms with Crippen molar-refractivity contribution in [2.45, 2.75) is 38.3 Å². The van der Waals surface area contributed by atoms with Crippen LogP contribution in [0.1, 0.15) is 25.3 Å². The molecule has 2 aromatic rings. The van der Waals surface area contributed by atoms with Gasteiger partial charge in [0.1, 0.15) is 6.04 Å². The lowest BCUT2D eigenvalue weighted by molar-refractivity contribution is -0.149. The number of carboxylic acid groups (broad SMARTS) is 1. The minimum Gasteiger partial charge on any atom is -0.480 e. The molecule has 5 heteroatoms. The molecule has 1 fully saturated rings. The van der Waals surface area contributed by atoms with Crippen molar-refractivity contribution < 1.29 is 14.7 Å². The number of hydrogen-bond donors (Lipinski definition) is 1. The molecule has 0 aliphatic heterocycles. The number of aromatic nitrogens is 1. The Morgan fingerprint density at radius 2 is 2.05 bits per heavy atom. The zero-order chi connectivity index (χ0) is 15.7. The summed E-state index contributed by atoms with van der Waals surface area (Å²) in [7, 11) is 0. The Kier molecular flexibility index (Phi) is 3.79. The predicted molar refractivity (Wildman–Crippen MR) is 82.4 cm³/mol. The highest BCUT2D eigenvalue weighted by Gasteiger charge is 2.38. The molecule has 1 atom stereocenters. The number of benzene rings is 1. The van der Waals surface area contributed by atoms with E-state index in [1.54, 1.807) is 13.1 Å². The van der Waals surface area contributed by atoms with Crippen molar-refractivity contribution in [1.29, 1.82) is 0 Å². The molecular weight excluding hydrogens is 280 g/mol. The molecule has 1 N–H and O–H groups in total. The number of carboxylic acids is 1. The van der Waals surface area contributed by atoms with E-state index in [-0.39, 0.29) is 18.4 Å². The fraction of sp³-hybridized carbons (Fsp3) is 0.353. The first-order valence-corrected chi connectivity index (χ1v) is 7.44. The van der Waals surface area contributed by atoms with Crippen LogP contribution in [-0.4, -0.2) is 39.0 Å². The van der Waals surface area contributed by atoms with Crippen LogP contribution in [0.25, 0.3) is 10.9 Å². The first kappa shape index (κ1) is 14.5. The lowest BCUT2D eigenvalue weighted by atomic mass is 10.1. The summed E-state index contributed by atoms with van der Waals surface area (Å²) in [6.07, 6.45) is 3.66. The van der Waals surface area contributed by atoms with Crippen LogP contribution in [0.4, 0.5) is 0 Å². The fourth-order valence-corrected chi connectivity index (χ4v) is 2.77. The number of para-hydroxylation sites is 1. The van der Waals surface area contributed by atoms with Crippen LogP contribution < -0.4 is 0 Å². The maximum absolute atomic E-state index is 12.6. The van der Waals surface area contributed by atoms with Crippen LogP contribution in [0.3, 0.4) is 0 Å². The summed E-state index contributed by atoms with van der Waals surface area (Å²) in [6.45, 7) is 1.57. The first-order valence-electron chi connectivity index (χ1n) is 7.44. The molecule has 5 nitrogen and oxygen atoms in total. The number of hydrogen-bond acceptors (Lipinski definition) is 3. The Labute approximate surface area is 128 Å². The highest BCUT2D eigenvalue weighted by Crippen LogP contribution is 2.30. The molecule has 1 aliphatic rings. The molecule has 0 saturated heterocycles. The SMILES string of the molecule is CC(C(=O)O)N(C(=O)Cc1cccc2cccnc12)C1CC1. The standard InChI is InChI=1S/C17H18N2O3/c1-11(17(21)22)19(14-7-8-14)15(20)10-13-5-2-4-12-6-3-9-18-16(12)13/h2-6,9,11,14H,7-8,10H2,1H3,(H,21,22). The van der Waals surface area contributed by atoms with Crippen LogP contribution >= 0.6 is 0 Å². The molecule has 1 aromatic heterocycles. The Hall–Kier alpha value is -2.43. The van der Waals surface area contributed by atoms with E-state index in [0.29, 0.717) is 0 Å². The van der Waals surface area contributed by atoms with Gasteiger partial charge < -0.3 is 10.0 Å². The molecule has 1 heterocycles. The number of carbonyl (C=O) groups excluding carboxylic acids is 1. The number of rotatable bonds is 5. The zero-order valence-corrected chi connectivity index (χ0v) is 12.4. The third-order valence-corrected chi connectivity index (χ3v) is 4.06. The molecule has 22 heavy (non-hydrogen) atoms. The van der Waals surface area contributed by atoms with Gasteiger partial charge in [-0.3, -0.25) is 9.78 Å². The number of fused-ring (bicyclic) bond motifs is 1. The van der Waals surface area contributed by atoms with Gasteiger partial charge in [-0.25, -0.2) is 4.79 Å². The third-order valence-electron chi connectivity index (χ3n) is 4.06. The molecule has 1 aliphatic carbocycles. The molecule has 3 rings (SSSR count). The van der Waals surface area contributed by atoms with E-state index in [1.807, 2.05) is 30.3 Å². The monoisotopic (exact) mass is 298 g/mol. The van der Waals surface area contributed by atoms with E-state index in [1.165, 1.54) is 4.90 Å². The largest absolute Gasteiger partial charge is 0.480 e. The summed E-state index contributed by atoms with van der Waals surface area (Å²) in [5.41, 5.74) is 1.64. The van der Waals surface area contributed by atoms with E-state index in [2.05, 4.69) is 4.98 Å². The minimum absolute atomic E-state index is 0.0709. The normalized spacial score (nSPS) is 15.5. The molecule has 0 spiro atoms. The van der Waals surface area contributed by atoms with Gasteiger partial charge in [-0.1, -0.05) is 24.3 Å². The van der Waals surface area contributed by atoms with Crippen LogP contribution in [0.5, 0.6) is 0 Å². The lowest BCUT2D eigenvalue weighted by Crippen LogP contribution is -2.45. The second kappa shape index (κ2) is 5.75. The maximum atomic E-state index is 12.6. The minimum atomic E-state index is -0.962. The van der Waals surface area contributed by atoms with Gasteiger partial charge in [-0.05, 0) is 31.4 Å². The number of nitrogens with zero attached hydrogens (tertiary/aromatic N) is 2. The number of aliphatic carboxylic acids is 1. The van der Waals surface area contributed by atoms with Gasteiger partial charge in [0, 0.05) is 17.6 Å². The molecule has 0 radical (unpaired) electrons. The van der Waals surface area contributed by atoms with Gasteiger partial charge in [0.05, 0.1) is 11.9 Å². The second-order valence-electron chi connectivity index (χ2n) is 5.72. The third kappa shape index (κ3) is 2.79. The highest BCUT2D eigenvalue weighted by molar-refractivity contribution is 5.90. The maximum Gasteiger partial charge on any atom is 0.326 e. The van der Waals surface area contributed by atoms with Gasteiger partial charge in [0.2, 0.25) is 5.91 Å². The number of amides is 1. The highest BCUT2D eigenvalue weighted by atomic mass is 16.4. The van der Waals surface area contributed by atoms with Crippen LogP contribution in [-0.2, 0) is 16.0 Å². The Balaban J connectivity index is 1.87. The average Bonchev–Trinajstić information content (AvgIpc) is 3.32. The second-order valence-corrected chi connectivity index (χ2v) is 5.72. The quantitative estimate of drug-likeness (QED) is 0.919. The Morgan fingerprint density at radius 1 is 1.32 bits per heavy atom. The lowest BCUT2D eigenvalue weighted by Gasteiger charge is -2.26. The van der Waals surface area contributed by atoms with Crippen molar-refractivity contribution in [1.82, 2.24) is 9.88 Å². The van der Waals surface area contributed by atoms with Crippen molar-refractivity contribution in [2.75, 3.05) is 0 Å². The molecule has 114 valence electrons. The van der Waals surface area contributed by atoms with E-state index in [4.69, 9.17) is 0 Å². The summed E-state index contributed by atoms with van der Waals surface area (Å²) in [5, 5.41) is 10.2. The van der Waals surface area contributed by atoms with Crippen molar-refractivity contribution in [3.8, 4) is 0 Å². The van der Waals surface area contributed by atoms with Crippen molar-refractivity contribution in [2.24, 2.45) is 0 Å². The fourth-order valence-electron chi connectivity index (χ4n) is 2.77. The molecule has 1 amide bonds. The molecular formula is C17H18N2O3. The average molecular weight is 298 g/mol. The van der Waals surface area contributed by atoms with E-state index < -0.39 is 12.0 Å². The summed E-state index contributed by atoms with van der Waals surface area (Å²) in [5.74, 6) is -1.10. The Morgan fingerprint density at radius 3 is 2.73 bits per heavy atom. The summed E-state index contributed by atoms with van der Waals surface area (Å²) in [4.78, 5) is 29.7. The summed E-state index contributed by atoms with van der Waals surface area (Å²) < 4.78 is 0. The number of carbonyl (C=O) groups is 2. The molecule has 1 aromatic carbocycles. The van der Waals surface area contributed by atoms with Gasteiger partial charge in [-0.15, -0.1) is 0 Å². The van der Waals surface area contributed by atoms with E-state index in [0.717, 1.165) is 29.3 Å². The topological polar surface area (TPSA) is 70.5 Å². The predicted octanol–water partition coefficient (Wildman–Crippen LogP) is 2.24. The van der Waals surface area contributed by atoms with E-state index >= 15 is 0 Å². The van der Waals surface area contributed by atoms with Gasteiger partial charge >= 0.3 is 5.97 Å². The van der Waals surface area contributed by atoms with Crippen molar-refractivity contribution >= 4 is 22.8 Å². The van der Waals surface area contributed by atoms with Gasteiger partial charge in [0.25, 0.3) is 0 Å². The molecule has 0 bridgehead atoms. The van der Waals surface area contributed by atoms with Gasteiger partial charge in [-0.2, -0.15) is 0 Å². The van der Waals surface area contributed by atoms with Crippen LogP contribution in [0, 0.1) is 0 Å². The molecule has 1 unspecified atom stereocenters. The van der Waals surface area contributed by atoms with E-state index in [9.17, 15) is 14.7 Å². The zero-order valence-electron chi connectivity index (χ0n) is 12.4.